The molecule has 0 aromatic heterocycles. The summed E-state index contributed by atoms with van der Waals surface area (Å²) in [4.78, 5) is 11.7. The molecule has 1 aliphatic rings. The number of anilines is 1. The molecule has 122 valence electrons. The molecule has 0 radical (unpaired) electrons. The van der Waals surface area contributed by atoms with Crippen LogP contribution in [0.15, 0.2) is 24.3 Å². The molecular weight excluding hydrogens is 276 g/mol. The number of benzene rings is 1. The molecule has 1 aliphatic carbocycles. The van der Waals surface area contributed by atoms with Gasteiger partial charge in [-0.05, 0) is 76.7 Å². The minimum absolute atomic E-state index is 0.414. The monoisotopic (exact) mass is 304 g/mol. The van der Waals surface area contributed by atoms with Crippen molar-refractivity contribution >= 4 is 11.8 Å². The van der Waals surface area contributed by atoms with Crippen molar-refractivity contribution in [2.45, 2.75) is 52.1 Å². The highest BCUT2D eigenvalue weighted by atomic mass is 16.6. The number of carbonyl (C=O) groups excluding carboxylic acids is 1. The lowest BCUT2D eigenvalue weighted by molar-refractivity contribution is 0.0636. The van der Waals surface area contributed by atoms with E-state index in [0.717, 1.165) is 31.1 Å². The standard InChI is InChI=1S/C18H28N2O2/c1-18(2,3)22-17(21)20-16-9-7-14(8-10-16)11-12-19-13-15-5-4-6-15/h7-10,15,19H,4-6,11-13H2,1-3H3,(H,20,21). The van der Waals surface area contributed by atoms with Gasteiger partial charge in [-0.25, -0.2) is 4.79 Å². The average Bonchev–Trinajstić information content (AvgIpc) is 2.36. The highest BCUT2D eigenvalue weighted by Gasteiger charge is 2.16. The first-order valence-corrected chi connectivity index (χ1v) is 8.22. The summed E-state index contributed by atoms with van der Waals surface area (Å²) in [6.45, 7) is 7.72. The number of hydrogen-bond donors (Lipinski definition) is 2. The highest BCUT2D eigenvalue weighted by Crippen LogP contribution is 2.25. The van der Waals surface area contributed by atoms with Crippen molar-refractivity contribution in [3.63, 3.8) is 0 Å². The van der Waals surface area contributed by atoms with E-state index in [2.05, 4.69) is 22.8 Å². The van der Waals surface area contributed by atoms with Crippen molar-refractivity contribution in [3.8, 4) is 0 Å². The smallest absolute Gasteiger partial charge is 0.412 e. The van der Waals surface area contributed by atoms with Crippen LogP contribution >= 0.6 is 0 Å². The summed E-state index contributed by atoms with van der Waals surface area (Å²) in [6.07, 6.45) is 4.77. The molecule has 2 N–H and O–H groups in total. The molecule has 4 heteroatoms. The Morgan fingerprint density at radius 3 is 2.45 bits per heavy atom. The fourth-order valence-electron chi connectivity index (χ4n) is 2.41. The molecular formula is C18H28N2O2. The summed E-state index contributed by atoms with van der Waals surface area (Å²) in [7, 11) is 0. The Hall–Kier alpha value is -1.55. The van der Waals surface area contributed by atoms with Crippen LogP contribution in [0.25, 0.3) is 0 Å². The van der Waals surface area contributed by atoms with Crippen LogP contribution in [-0.2, 0) is 11.2 Å². The molecule has 1 amide bonds. The average molecular weight is 304 g/mol. The van der Waals surface area contributed by atoms with Crippen LogP contribution in [0.1, 0.15) is 45.6 Å². The van der Waals surface area contributed by atoms with Gasteiger partial charge in [0.05, 0.1) is 0 Å². The van der Waals surface area contributed by atoms with E-state index in [9.17, 15) is 4.79 Å². The zero-order chi connectivity index (χ0) is 16.0. The molecule has 0 bridgehead atoms. The second kappa shape index (κ2) is 7.63. The lowest BCUT2D eigenvalue weighted by Gasteiger charge is -2.25. The number of carbonyl (C=O) groups is 1. The lowest BCUT2D eigenvalue weighted by atomic mass is 9.85. The largest absolute Gasteiger partial charge is 0.444 e. The van der Waals surface area contributed by atoms with Crippen LogP contribution in [0.4, 0.5) is 10.5 Å². The van der Waals surface area contributed by atoms with Gasteiger partial charge >= 0.3 is 6.09 Å². The number of nitrogens with one attached hydrogen (secondary N) is 2. The SMILES string of the molecule is CC(C)(C)OC(=O)Nc1ccc(CCNCC2CCC2)cc1. The molecule has 1 aromatic carbocycles. The van der Waals surface area contributed by atoms with Crippen molar-refractivity contribution in [1.29, 1.82) is 0 Å². The van der Waals surface area contributed by atoms with Gasteiger partial charge in [-0.3, -0.25) is 5.32 Å². The summed E-state index contributed by atoms with van der Waals surface area (Å²) >= 11 is 0. The van der Waals surface area contributed by atoms with Gasteiger partial charge in [0, 0.05) is 5.69 Å². The third kappa shape index (κ3) is 6.06. The zero-order valence-electron chi connectivity index (χ0n) is 13.9. The maximum Gasteiger partial charge on any atom is 0.412 e. The Bertz CT molecular complexity index is 473. The second-order valence-electron chi connectivity index (χ2n) is 7.07. The van der Waals surface area contributed by atoms with E-state index in [1.54, 1.807) is 0 Å². The molecule has 0 heterocycles. The van der Waals surface area contributed by atoms with E-state index >= 15 is 0 Å². The topological polar surface area (TPSA) is 50.4 Å². The van der Waals surface area contributed by atoms with E-state index in [4.69, 9.17) is 4.74 Å². The normalized spacial score (nSPS) is 15.2. The highest BCUT2D eigenvalue weighted by molar-refractivity contribution is 5.84. The molecule has 2 rings (SSSR count). The van der Waals surface area contributed by atoms with Crippen LogP contribution in [0.3, 0.4) is 0 Å². The van der Waals surface area contributed by atoms with Crippen LogP contribution in [0.2, 0.25) is 0 Å². The first-order chi connectivity index (χ1) is 10.4. The fraction of sp³-hybridized carbons (Fsp3) is 0.611. The quantitative estimate of drug-likeness (QED) is 0.782. The van der Waals surface area contributed by atoms with Crippen LogP contribution < -0.4 is 10.6 Å². The van der Waals surface area contributed by atoms with E-state index < -0.39 is 11.7 Å². The Morgan fingerprint density at radius 2 is 1.91 bits per heavy atom. The summed E-state index contributed by atoms with van der Waals surface area (Å²) in [6, 6.07) is 7.95. The maximum atomic E-state index is 11.7. The minimum Gasteiger partial charge on any atom is -0.444 e. The van der Waals surface area contributed by atoms with Gasteiger partial charge in [-0.1, -0.05) is 18.6 Å². The lowest BCUT2D eigenvalue weighted by Crippen LogP contribution is -2.28. The van der Waals surface area contributed by atoms with E-state index in [1.807, 2.05) is 32.9 Å². The molecule has 4 nitrogen and oxygen atoms in total. The van der Waals surface area contributed by atoms with Crippen LogP contribution in [0.5, 0.6) is 0 Å². The van der Waals surface area contributed by atoms with Gasteiger partial charge in [0.25, 0.3) is 0 Å². The predicted octanol–water partition coefficient (Wildman–Crippen LogP) is 3.97. The third-order valence-corrected chi connectivity index (χ3v) is 3.85. The van der Waals surface area contributed by atoms with E-state index in [1.165, 1.54) is 24.8 Å². The Labute approximate surface area is 133 Å². The molecule has 1 saturated carbocycles. The van der Waals surface area contributed by atoms with Crippen molar-refractivity contribution in [2.75, 3.05) is 18.4 Å². The predicted molar refractivity (Wildman–Crippen MR) is 90.2 cm³/mol. The number of amides is 1. The van der Waals surface area contributed by atoms with Gasteiger partial charge in [0.2, 0.25) is 0 Å². The first-order valence-electron chi connectivity index (χ1n) is 8.22. The van der Waals surface area contributed by atoms with Crippen molar-refractivity contribution in [3.05, 3.63) is 29.8 Å². The van der Waals surface area contributed by atoms with Gasteiger partial charge < -0.3 is 10.1 Å². The minimum atomic E-state index is -0.476. The van der Waals surface area contributed by atoms with Crippen molar-refractivity contribution in [2.24, 2.45) is 5.92 Å². The van der Waals surface area contributed by atoms with Crippen molar-refractivity contribution in [1.82, 2.24) is 5.32 Å². The second-order valence-corrected chi connectivity index (χ2v) is 7.07. The van der Waals surface area contributed by atoms with Gasteiger partial charge in [-0.15, -0.1) is 0 Å². The maximum absolute atomic E-state index is 11.7. The summed E-state index contributed by atoms with van der Waals surface area (Å²) in [5.74, 6) is 0.903. The fourth-order valence-corrected chi connectivity index (χ4v) is 2.41. The van der Waals surface area contributed by atoms with E-state index in [-0.39, 0.29) is 0 Å². The van der Waals surface area contributed by atoms with Crippen molar-refractivity contribution < 1.29 is 9.53 Å². The van der Waals surface area contributed by atoms with Gasteiger partial charge in [-0.2, -0.15) is 0 Å². The number of ether oxygens (including phenoxy) is 1. The Kier molecular flexibility index (Phi) is 5.83. The summed E-state index contributed by atoms with van der Waals surface area (Å²) in [5, 5.41) is 6.26. The van der Waals surface area contributed by atoms with Crippen LogP contribution in [-0.4, -0.2) is 24.8 Å². The summed E-state index contributed by atoms with van der Waals surface area (Å²) < 4.78 is 5.23. The van der Waals surface area contributed by atoms with E-state index in [0.29, 0.717) is 0 Å². The van der Waals surface area contributed by atoms with Crippen LogP contribution in [0, 0.1) is 5.92 Å². The molecule has 0 saturated heterocycles. The zero-order valence-corrected chi connectivity index (χ0v) is 13.9. The third-order valence-electron chi connectivity index (χ3n) is 3.85. The Balaban J connectivity index is 1.69. The molecule has 0 aliphatic heterocycles. The number of rotatable bonds is 6. The molecule has 1 fully saturated rings. The molecule has 22 heavy (non-hydrogen) atoms. The van der Waals surface area contributed by atoms with Gasteiger partial charge in [0.1, 0.15) is 5.60 Å². The molecule has 0 atom stereocenters. The number of hydrogen-bond acceptors (Lipinski definition) is 3. The first kappa shape index (κ1) is 16.8. The van der Waals surface area contributed by atoms with Gasteiger partial charge in [0.15, 0.2) is 0 Å². The molecule has 0 unspecified atom stereocenters. The summed E-state index contributed by atoms with van der Waals surface area (Å²) in [5.41, 5.74) is 1.56. The Morgan fingerprint density at radius 1 is 1.23 bits per heavy atom. The molecule has 0 spiro atoms. The molecule has 1 aromatic rings.